The molecule has 2 rings (SSSR count). The molecule has 1 saturated carbocycles. The van der Waals surface area contributed by atoms with Crippen molar-refractivity contribution in [3.05, 3.63) is 23.9 Å². The van der Waals surface area contributed by atoms with Crippen LogP contribution in [-0.4, -0.2) is 18.1 Å². The van der Waals surface area contributed by atoms with Gasteiger partial charge in [-0.3, -0.25) is 0 Å². The van der Waals surface area contributed by atoms with Crippen LogP contribution in [0.1, 0.15) is 51.1 Å². The molecule has 0 radical (unpaired) electrons. The number of pyridine rings is 1. The molecule has 1 aromatic rings. The van der Waals surface area contributed by atoms with Crippen molar-refractivity contribution in [2.24, 2.45) is 5.92 Å². The fourth-order valence-electron chi connectivity index (χ4n) is 2.58. The Balaban J connectivity index is 1.89. The van der Waals surface area contributed by atoms with Gasteiger partial charge in [-0.05, 0) is 43.9 Å². The molecule has 3 heteroatoms. The molecule has 1 fully saturated rings. The normalized spacial score (nSPS) is 17.9. The molecule has 0 spiro atoms. The van der Waals surface area contributed by atoms with Crippen molar-refractivity contribution >= 4 is 0 Å². The quantitative estimate of drug-likeness (QED) is 0.838. The van der Waals surface area contributed by atoms with E-state index in [0.29, 0.717) is 6.04 Å². The predicted octanol–water partition coefficient (Wildman–Crippen LogP) is 3.32. The van der Waals surface area contributed by atoms with Gasteiger partial charge in [-0.15, -0.1) is 0 Å². The minimum absolute atomic E-state index is 0.354. The summed E-state index contributed by atoms with van der Waals surface area (Å²) in [7, 11) is 0. The largest absolute Gasteiger partial charge is 0.477 e. The van der Waals surface area contributed by atoms with Crippen LogP contribution in [0.2, 0.25) is 0 Å². The summed E-state index contributed by atoms with van der Waals surface area (Å²) in [4.78, 5) is 4.29. The van der Waals surface area contributed by atoms with Crippen molar-refractivity contribution in [3.63, 3.8) is 0 Å². The highest BCUT2D eigenvalue weighted by Crippen LogP contribution is 2.25. The maximum absolute atomic E-state index is 5.82. The standard InChI is InChI=1S/C15H24N2O/c1-3-16-12(2)14-8-9-17-15(10-14)18-11-13-6-4-5-7-13/h8-10,12-13,16H,3-7,11H2,1-2H3. The molecular weight excluding hydrogens is 224 g/mol. The van der Waals surface area contributed by atoms with Crippen molar-refractivity contribution < 1.29 is 4.74 Å². The Morgan fingerprint density at radius 1 is 1.44 bits per heavy atom. The first-order valence-electron chi connectivity index (χ1n) is 7.11. The van der Waals surface area contributed by atoms with Crippen molar-refractivity contribution in [2.75, 3.05) is 13.2 Å². The van der Waals surface area contributed by atoms with E-state index in [-0.39, 0.29) is 0 Å². The second kappa shape index (κ2) is 6.74. The van der Waals surface area contributed by atoms with Gasteiger partial charge >= 0.3 is 0 Å². The van der Waals surface area contributed by atoms with E-state index in [0.717, 1.165) is 24.9 Å². The molecule has 100 valence electrons. The molecule has 0 amide bonds. The van der Waals surface area contributed by atoms with Crippen LogP contribution in [0.5, 0.6) is 5.88 Å². The molecule has 1 aromatic heterocycles. The number of nitrogens with zero attached hydrogens (tertiary/aromatic N) is 1. The van der Waals surface area contributed by atoms with Gasteiger partial charge in [0.1, 0.15) is 0 Å². The van der Waals surface area contributed by atoms with Crippen molar-refractivity contribution in [3.8, 4) is 5.88 Å². The van der Waals surface area contributed by atoms with Crippen LogP contribution in [0.3, 0.4) is 0 Å². The minimum atomic E-state index is 0.354. The number of aromatic nitrogens is 1. The van der Waals surface area contributed by atoms with E-state index in [9.17, 15) is 0 Å². The fraction of sp³-hybridized carbons (Fsp3) is 0.667. The summed E-state index contributed by atoms with van der Waals surface area (Å²) in [6.45, 7) is 6.09. The smallest absolute Gasteiger partial charge is 0.213 e. The summed E-state index contributed by atoms with van der Waals surface area (Å²) in [5.74, 6) is 1.51. The van der Waals surface area contributed by atoms with Crippen LogP contribution in [0.4, 0.5) is 0 Å². The first-order valence-corrected chi connectivity index (χ1v) is 7.11. The van der Waals surface area contributed by atoms with Crippen LogP contribution in [-0.2, 0) is 0 Å². The Morgan fingerprint density at radius 3 is 2.94 bits per heavy atom. The van der Waals surface area contributed by atoms with E-state index in [1.54, 1.807) is 0 Å². The zero-order valence-electron chi connectivity index (χ0n) is 11.5. The van der Waals surface area contributed by atoms with E-state index < -0.39 is 0 Å². The van der Waals surface area contributed by atoms with Gasteiger partial charge in [0.15, 0.2) is 0 Å². The molecule has 18 heavy (non-hydrogen) atoms. The Morgan fingerprint density at radius 2 is 2.22 bits per heavy atom. The van der Waals surface area contributed by atoms with Crippen molar-refractivity contribution in [1.29, 1.82) is 0 Å². The summed E-state index contributed by atoms with van der Waals surface area (Å²) in [6, 6.07) is 4.46. The lowest BCUT2D eigenvalue weighted by molar-refractivity contribution is 0.243. The molecule has 1 aliphatic carbocycles. The maximum atomic E-state index is 5.82. The van der Waals surface area contributed by atoms with Crippen LogP contribution < -0.4 is 10.1 Å². The van der Waals surface area contributed by atoms with Crippen molar-refractivity contribution in [1.82, 2.24) is 10.3 Å². The summed E-state index contributed by atoms with van der Waals surface area (Å²) in [6.07, 6.45) is 7.19. The molecule has 1 atom stereocenters. The summed E-state index contributed by atoms with van der Waals surface area (Å²) in [5, 5.41) is 3.40. The van der Waals surface area contributed by atoms with Gasteiger partial charge in [-0.25, -0.2) is 4.98 Å². The zero-order valence-corrected chi connectivity index (χ0v) is 11.5. The zero-order chi connectivity index (χ0) is 12.8. The molecule has 0 aromatic carbocycles. The van der Waals surface area contributed by atoms with Crippen LogP contribution in [0, 0.1) is 5.92 Å². The second-order valence-electron chi connectivity index (χ2n) is 5.17. The summed E-state index contributed by atoms with van der Waals surface area (Å²) < 4.78 is 5.82. The molecule has 1 unspecified atom stereocenters. The van der Waals surface area contributed by atoms with Gasteiger partial charge in [0.25, 0.3) is 0 Å². The molecular formula is C15H24N2O. The average Bonchev–Trinajstić information content (AvgIpc) is 2.90. The number of rotatable bonds is 6. The fourth-order valence-corrected chi connectivity index (χ4v) is 2.58. The lowest BCUT2D eigenvalue weighted by Gasteiger charge is -2.15. The third-order valence-corrected chi connectivity index (χ3v) is 3.71. The Kier molecular flexibility index (Phi) is 5.00. The van der Waals surface area contributed by atoms with E-state index in [1.165, 1.54) is 31.2 Å². The van der Waals surface area contributed by atoms with Crippen LogP contribution >= 0.6 is 0 Å². The van der Waals surface area contributed by atoms with Gasteiger partial charge in [-0.2, -0.15) is 0 Å². The van der Waals surface area contributed by atoms with Gasteiger partial charge < -0.3 is 10.1 Å². The third-order valence-electron chi connectivity index (χ3n) is 3.71. The van der Waals surface area contributed by atoms with Gasteiger partial charge in [0.2, 0.25) is 5.88 Å². The number of ether oxygens (including phenoxy) is 1. The van der Waals surface area contributed by atoms with E-state index >= 15 is 0 Å². The van der Waals surface area contributed by atoms with Crippen LogP contribution in [0.25, 0.3) is 0 Å². The Bertz CT molecular complexity index is 361. The third kappa shape index (κ3) is 3.70. The number of nitrogens with one attached hydrogen (secondary N) is 1. The number of hydrogen-bond donors (Lipinski definition) is 1. The molecule has 3 nitrogen and oxygen atoms in total. The van der Waals surface area contributed by atoms with Crippen LogP contribution in [0.15, 0.2) is 18.3 Å². The lowest BCUT2D eigenvalue weighted by Crippen LogP contribution is -2.18. The SMILES string of the molecule is CCNC(C)c1ccnc(OCC2CCCC2)c1. The first kappa shape index (κ1) is 13.3. The van der Waals surface area contributed by atoms with Crippen molar-refractivity contribution in [2.45, 2.75) is 45.6 Å². The second-order valence-corrected chi connectivity index (χ2v) is 5.17. The van der Waals surface area contributed by atoms with E-state index in [2.05, 4.69) is 36.3 Å². The number of hydrogen-bond acceptors (Lipinski definition) is 3. The molecule has 0 saturated heterocycles. The highest BCUT2D eigenvalue weighted by molar-refractivity contribution is 5.23. The molecule has 1 N–H and O–H groups in total. The summed E-state index contributed by atoms with van der Waals surface area (Å²) >= 11 is 0. The summed E-state index contributed by atoms with van der Waals surface area (Å²) in [5.41, 5.74) is 1.24. The van der Waals surface area contributed by atoms with E-state index in [1.807, 2.05) is 6.20 Å². The minimum Gasteiger partial charge on any atom is -0.477 e. The van der Waals surface area contributed by atoms with Gasteiger partial charge in [0, 0.05) is 18.3 Å². The first-order chi connectivity index (χ1) is 8.79. The molecule has 0 aliphatic heterocycles. The topological polar surface area (TPSA) is 34.2 Å². The predicted molar refractivity (Wildman–Crippen MR) is 73.8 cm³/mol. The average molecular weight is 248 g/mol. The molecule has 0 bridgehead atoms. The monoisotopic (exact) mass is 248 g/mol. The van der Waals surface area contributed by atoms with E-state index in [4.69, 9.17) is 4.74 Å². The Labute approximate surface area is 110 Å². The lowest BCUT2D eigenvalue weighted by atomic mass is 10.1. The Hall–Kier alpha value is -1.09. The maximum Gasteiger partial charge on any atom is 0.213 e. The molecule has 1 aliphatic rings. The van der Waals surface area contributed by atoms with Gasteiger partial charge in [0.05, 0.1) is 6.61 Å². The van der Waals surface area contributed by atoms with Gasteiger partial charge in [-0.1, -0.05) is 19.8 Å². The highest BCUT2D eigenvalue weighted by Gasteiger charge is 2.16. The molecule has 1 heterocycles. The highest BCUT2D eigenvalue weighted by atomic mass is 16.5.